The van der Waals surface area contributed by atoms with Gasteiger partial charge < -0.3 is 15.7 Å². The molecular formula is C20H23FN4O3. The molecule has 1 atom stereocenters. The second-order valence-corrected chi connectivity index (χ2v) is 7.64. The molecule has 2 aliphatic rings. The van der Waals surface area contributed by atoms with Gasteiger partial charge in [-0.05, 0) is 30.5 Å². The Kier molecular flexibility index (Phi) is 4.89. The number of hydrogen-bond donors (Lipinski definition) is 3. The number of rotatable bonds is 4. The summed E-state index contributed by atoms with van der Waals surface area (Å²) in [6, 6.07) is 7.93. The number of nitrogens with one attached hydrogen (secondary N) is 2. The van der Waals surface area contributed by atoms with Crippen LogP contribution < -0.4 is 10.6 Å². The summed E-state index contributed by atoms with van der Waals surface area (Å²) in [6.45, 7) is 0.735. The molecule has 148 valence electrons. The molecule has 0 bridgehead atoms. The number of benzene rings is 1. The van der Waals surface area contributed by atoms with E-state index in [1.165, 1.54) is 22.9 Å². The summed E-state index contributed by atoms with van der Waals surface area (Å²) in [4.78, 5) is 24.8. The number of hydrogen-bond acceptors (Lipinski definition) is 4. The molecule has 0 saturated heterocycles. The molecule has 7 nitrogen and oxygen atoms in total. The molecule has 1 aliphatic carbocycles. The maximum atomic E-state index is 13.3. The predicted octanol–water partition coefficient (Wildman–Crippen LogP) is 1.37. The minimum Gasteiger partial charge on any atom is -0.389 e. The second kappa shape index (κ2) is 7.35. The summed E-state index contributed by atoms with van der Waals surface area (Å²) < 4.78 is 14.7. The maximum absolute atomic E-state index is 13.3. The van der Waals surface area contributed by atoms with Crippen LogP contribution in [0.2, 0.25) is 0 Å². The number of amides is 2. The summed E-state index contributed by atoms with van der Waals surface area (Å²) >= 11 is 0. The number of aliphatic hydroxyl groups is 1. The Morgan fingerprint density at radius 2 is 2.04 bits per heavy atom. The normalized spacial score (nSPS) is 20.9. The van der Waals surface area contributed by atoms with Crippen LogP contribution in [0, 0.1) is 5.82 Å². The van der Waals surface area contributed by atoms with Gasteiger partial charge in [-0.15, -0.1) is 0 Å². The number of aromatic nitrogens is 2. The highest BCUT2D eigenvalue weighted by atomic mass is 19.1. The minimum absolute atomic E-state index is 0.145. The van der Waals surface area contributed by atoms with E-state index >= 15 is 0 Å². The Morgan fingerprint density at radius 1 is 1.32 bits per heavy atom. The minimum atomic E-state index is -0.749. The Balaban J connectivity index is 1.50. The number of nitrogens with zero attached hydrogens (tertiary/aromatic N) is 2. The van der Waals surface area contributed by atoms with E-state index in [2.05, 4.69) is 15.7 Å². The van der Waals surface area contributed by atoms with Crippen molar-refractivity contribution in [1.82, 2.24) is 20.4 Å². The van der Waals surface area contributed by atoms with Gasteiger partial charge in [-0.2, -0.15) is 5.10 Å². The molecule has 2 heterocycles. The van der Waals surface area contributed by atoms with Gasteiger partial charge in [-0.25, -0.2) is 4.39 Å². The first-order valence-corrected chi connectivity index (χ1v) is 9.55. The van der Waals surface area contributed by atoms with Crippen molar-refractivity contribution in [3.63, 3.8) is 0 Å². The molecule has 1 unspecified atom stereocenters. The fourth-order valence-corrected chi connectivity index (χ4v) is 4.18. The average molecular weight is 386 g/mol. The molecule has 0 spiro atoms. The largest absolute Gasteiger partial charge is 0.389 e. The summed E-state index contributed by atoms with van der Waals surface area (Å²) in [5, 5.41) is 19.6. The summed E-state index contributed by atoms with van der Waals surface area (Å²) in [7, 11) is 0. The Morgan fingerprint density at radius 3 is 2.75 bits per heavy atom. The van der Waals surface area contributed by atoms with Crippen LogP contribution in [0.3, 0.4) is 0 Å². The molecule has 1 aromatic carbocycles. The number of carbonyl (C=O) groups excluding carboxylic acids is 2. The van der Waals surface area contributed by atoms with Crippen LogP contribution in [0.1, 0.15) is 52.2 Å². The van der Waals surface area contributed by atoms with Crippen molar-refractivity contribution in [2.75, 3.05) is 13.1 Å². The summed E-state index contributed by atoms with van der Waals surface area (Å²) in [5.74, 6) is -1.00. The van der Waals surface area contributed by atoms with Crippen molar-refractivity contribution >= 4 is 11.8 Å². The predicted molar refractivity (Wildman–Crippen MR) is 99.4 cm³/mol. The highest BCUT2D eigenvalue weighted by Gasteiger charge is 2.36. The Hall–Kier alpha value is -2.74. The van der Waals surface area contributed by atoms with E-state index in [1.807, 2.05) is 0 Å². The maximum Gasteiger partial charge on any atom is 0.271 e. The van der Waals surface area contributed by atoms with Gasteiger partial charge in [-0.1, -0.05) is 25.0 Å². The van der Waals surface area contributed by atoms with E-state index in [1.54, 1.807) is 12.1 Å². The van der Waals surface area contributed by atoms with Crippen LogP contribution >= 0.6 is 0 Å². The molecule has 3 N–H and O–H groups in total. The molecule has 1 saturated carbocycles. The summed E-state index contributed by atoms with van der Waals surface area (Å²) in [5.41, 5.74) is 1.21. The number of aliphatic hydroxyl groups excluding tert-OH is 1. The smallest absolute Gasteiger partial charge is 0.271 e. The molecular weight excluding hydrogens is 363 g/mol. The zero-order valence-corrected chi connectivity index (χ0v) is 15.4. The zero-order chi connectivity index (χ0) is 19.7. The van der Waals surface area contributed by atoms with Crippen molar-refractivity contribution in [3.8, 4) is 0 Å². The number of carbonyl (C=O) groups is 2. The number of fused-ring (bicyclic) bond motifs is 1. The second-order valence-electron chi connectivity index (χ2n) is 7.64. The first-order chi connectivity index (χ1) is 13.5. The van der Waals surface area contributed by atoms with Gasteiger partial charge in [0.25, 0.3) is 11.8 Å². The van der Waals surface area contributed by atoms with Crippen molar-refractivity contribution in [3.05, 3.63) is 53.1 Å². The molecule has 28 heavy (non-hydrogen) atoms. The van der Waals surface area contributed by atoms with Gasteiger partial charge in [0.05, 0.1) is 12.6 Å². The van der Waals surface area contributed by atoms with Gasteiger partial charge in [0, 0.05) is 24.6 Å². The quantitative estimate of drug-likeness (QED) is 0.739. The lowest BCUT2D eigenvalue weighted by Crippen LogP contribution is -2.39. The van der Waals surface area contributed by atoms with E-state index < -0.39 is 6.10 Å². The molecule has 4 rings (SSSR count). The van der Waals surface area contributed by atoms with Gasteiger partial charge in [0.1, 0.15) is 11.5 Å². The fraction of sp³-hybridized carbons (Fsp3) is 0.450. The monoisotopic (exact) mass is 386 g/mol. The van der Waals surface area contributed by atoms with Gasteiger partial charge >= 0.3 is 0 Å². The Labute approximate surface area is 161 Å². The molecule has 2 amide bonds. The topological polar surface area (TPSA) is 96.2 Å². The molecule has 1 aliphatic heterocycles. The van der Waals surface area contributed by atoms with Gasteiger partial charge in [0.2, 0.25) is 0 Å². The van der Waals surface area contributed by atoms with E-state index in [9.17, 15) is 19.1 Å². The first-order valence-electron chi connectivity index (χ1n) is 9.55. The first kappa shape index (κ1) is 18.6. The lowest BCUT2D eigenvalue weighted by Gasteiger charge is -2.30. The van der Waals surface area contributed by atoms with Crippen LogP contribution in [0.25, 0.3) is 0 Å². The van der Waals surface area contributed by atoms with E-state index in [4.69, 9.17) is 0 Å². The van der Waals surface area contributed by atoms with Crippen LogP contribution in [0.4, 0.5) is 4.39 Å². The zero-order valence-electron chi connectivity index (χ0n) is 15.4. The van der Waals surface area contributed by atoms with E-state index in [0.29, 0.717) is 6.54 Å². The van der Waals surface area contributed by atoms with Crippen LogP contribution in [-0.4, -0.2) is 45.9 Å². The van der Waals surface area contributed by atoms with Crippen molar-refractivity contribution < 1.29 is 19.1 Å². The van der Waals surface area contributed by atoms with Crippen molar-refractivity contribution in [2.24, 2.45) is 0 Å². The number of β-amino-alcohol motifs (C(OH)–C–C–N with tert-alkyl or cyclic N) is 1. The third-order valence-corrected chi connectivity index (χ3v) is 5.73. The number of halogens is 1. The molecule has 0 radical (unpaired) electrons. The SMILES string of the molecule is O=C(NCC1(c2ccc(F)cc2)CCCC1)c1cc2n(n1)CC(O)CNC2=O. The molecule has 2 aromatic rings. The van der Waals surface area contributed by atoms with Gasteiger partial charge in [0.15, 0.2) is 5.69 Å². The highest BCUT2D eigenvalue weighted by Crippen LogP contribution is 2.40. The molecule has 8 heteroatoms. The third-order valence-electron chi connectivity index (χ3n) is 5.73. The lowest BCUT2D eigenvalue weighted by molar-refractivity contribution is 0.0931. The summed E-state index contributed by atoms with van der Waals surface area (Å²) in [6.07, 6.45) is 3.22. The fourth-order valence-electron chi connectivity index (χ4n) is 4.18. The Bertz CT molecular complexity index is 887. The van der Waals surface area contributed by atoms with Crippen LogP contribution in [0.15, 0.2) is 30.3 Å². The third kappa shape index (κ3) is 3.52. The van der Waals surface area contributed by atoms with E-state index in [-0.39, 0.29) is 47.5 Å². The van der Waals surface area contributed by atoms with Crippen LogP contribution in [0.5, 0.6) is 0 Å². The van der Waals surface area contributed by atoms with Crippen molar-refractivity contribution in [2.45, 2.75) is 43.7 Å². The van der Waals surface area contributed by atoms with Crippen molar-refractivity contribution in [1.29, 1.82) is 0 Å². The highest BCUT2D eigenvalue weighted by molar-refractivity contribution is 5.98. The van der Waals surface area contributed by atoms with Gasteiger partial charge in [-0.3, -0.25) is 14.3 Å². The molecule has 1 fully saturated rings. The standard InChI is InChI=1S/C20H23FN4O3/c21-14-5-3-13(4-6-14)20(7-1-2-8-20)12-23-18(27)16-9-17-19(28)22-10-15(26)11-25(17)24-16/h3-6,9,15,26H,1-2,7-8,10-12H2,(H,22,28)(H,23,27). The lowest BCUT2D eigenvalue weighted by atomic mass is 9.79. The molecule has 1 aromatic heterocycles. The van der Waals surface area contributed by atoms with Crippen LogP contribution in [-0.2, 0) is 12.0 Å². The van der Waals surface area contributed by atoms with E-state index in [0.717, 1.165) is 31.2 Å². The average Bonchev–Trinajstić information content (AvgIpc) is 3.30.